The predicted molar refractivity (Wildman–Crippen MR) is 70.2 cm³/mol. The molecule has 2 N–H and O–H groups in total. The fourth-order valence-corrected chi connectivity index (χ4v) is 1.63. The summed E-state index contributed by atoms with van der Waals surface area (Å²) in [5.74, 6) is 0.922. The molecule has 0 bridgehead atoms. The maximum absolute atomic E-state index is 9.11. The van der Waals surface area contributed by atoms with E-state index in [0.29, 0.717) is 6.61 Å². The van der Waals surface area contributed by atoms with Crippen molar-refractivity contribution in [2.45, 2.75) is 39.3 Å². The van der Waals surface area contributed by atoms with Crippen LogP contribution in [0.2, 0.25) is 0 Å². The molecule has 0 aliphatic rings. The first-order valence-corrected chi connectivity index (χ1v) is 6.33. The van der Waals surface area contributed by atoms with Gasteiger partial charge in [-0.3, -0.25) is 0 Å². The third-order valence-electron chi connectivity index (χ3n) is 2.54. The molecule has 1 aromatic rings. The molecule has 0 spiro atoms. The van der Waals surface area contributed by atoms with E-state index in [1.807, 2.05) is 26.0 Å². The fraction of sp³-hybridized carbons (Fsp3) is 0.571. The van der Waals surface area contributed by atoms with Gasteiger partial charge in [-0.05, 0) is 50.9 Å². The van der Waals surface area contributed by atoms with Crippen LogP contribution < -0.4 is 10.1 Å². The summed E-state index contributed by atoms with van der Waals surface area (Å²) in [5.41, 5.74) is 1.26. The Morgan fingerprint density at radius 3 is 2.59 bits per heavy atom. The second-order valence-corrected chi connectivity index (χ2v) is 4.24. The van der Waals surface area contributed by atoms with Crippen molar-refractivity contribution in [2.24, 2.45) is 0 Å². The Morgan fingerprint density at radius 2 is 2.00 bits per heavy atom. The number of hydrogen-bond acceptors (Lipinski definition) is 3. The summed E-state index contributed by atoms with van der Waals surface area (Å²) in [6, 6.07) is 8.14. The molecule has 1 unspecified atom stereocenters. The molecule has 17 heavy (non-hydrogen) atoms. The van der Waals surface area contributed by atoms with Gasteiger partial charge in [0.15, 0.2) is 0 Å². The van der Waals surface area contributed by atoms with E-state index in [1.165, 1.54) is 5.56 Å². The number of hydrogen-bond donors (Lipinski definition) is 2. The van der Waals surface area contributed by atoms with Crippen LogP contribution in [0.3, 0.4) is 0 Å². The van der Waals surface area contributed by atoms with Gasteiger partial charge in [-0.2, -0.15) is 0 Å². The Labute approximate surface area is 104 Å². The lowest BCUT2D eigenvalue weighted by Crippen LogP contribution is -2.16. The van der Waals surface area contributed by atoms with Crippen LogP contribution in [0.5, 0.6) is 5.75 Å². The molecule has 0 heterocycles. The molecule has 0 saturated heterocycles. The molecular formula is C14H23NO2. The van der Waals surface area contributed by atoms with Crippen LogP contribution in [0.4, 0.5) is 0 Å². The van der Waals surface area contributed by atoms with Crippen molar-refractivity contribution < 1.29 is 9.84 Å². The van der Waals surface area contributed by atoms with Gasteiger partial charge >= 0.3 is 0 Å². The average molecular weight is 237 g/mol. The topological polar surface area (TPSA) is 41.5 Å². The summed E-state index contributed by atoms with van der Waals surface area (Å²) in [6.45, 7) is 6.32. The van der Waals surface area contributed by atoms with Crippen LogP contribution in [-0.2, 0) is 6.54 Å². The molecule has 0 aromatic heterocycles. The molecule has 96 valence electrons. The standard InChI is InChI=1S/C14H23NO2/c1-3-17-14-8-6-13(7-9-14)11-15-10-4-5-12(2)16/h6-9,12,15-16H,3-5,10-11H2,1-2H3. The Bertz CT molecular complexity index is 296. The van der Waals surface area contributed by atoms with Gasteiger partial charge in [0, 0.05) is 6.54 Å². The molecule has 1 aromatic carbocycles. The summed E-state index contributed by atoms with van der Waals surface area (Å²) < 4.78 is 5.38. The molecule has 0 radical (unpaired) electrons. The fourth-order valence-electron chi connectivity index (χ4n) is 1.63. The Hall–Kier alpha value is -1.06. The molecular weight excluding hydrogens is 214 g/mol. The van der Waals surface area contributed by atoms with E-state index in [2.05, 4.69) is 17.4 Å². The minimum Gasteiger partial charge on any atom is -0.494 e. The Kier molecular flexibility index (Phi) is 6.67. The van der Waals surface area contributed by atoms with Gasteiger partial charge in [0.1, 0.15) is 5.75 Å². The SMILES string of the molecule is CCOc1ccc(CNCCCC(C)O)cc1. The van der Waals surface area contributed by atoms with E-state index in [4.69, 9.17) is 9.84 Å². The van der Waals surface area contributed by atoms with Gasteiger partial charge in [0.25, 0.3) is 0 Å². The van der Waals surface area contributed by atoms with Crippen LogP contribution in [0.1, 0.15) is 32.3 Å². The van der Waals surface area contributed by atoms with Gasteiger partial charge in [-0.15, -0.1) is 0 Å². The zero-order chi connectivity index (χ0) is 12.5. The molecule has 0 aliphatic carbocycles. The Morgan fingerprint density at radius 1 is 1.29 bits per heavy atom. The third kappa shape index (κ3) is 6.29. The van der Waals surface area contributed by atoms with E-state index >= 15 is 0 Å². The molecule has 0 saturated carbocycles. The van der Waals surface area contributed by atoms with Gasteiger partial charge in [0.05, 0.1) is 12.7 Å². The molecule has 3 heteroatoms. The van der Waals surface area contributed by atoms with E-state index in [0.717, 1.165) is 31.7 Å². The summed E-state index contributed by atoms with van der Waals surface area (Å²) >= 11 is 0. The highest BCUT2D eigenvalue weighted by Crippen LogP contribution is 2.11. The van der Waals surface area contributed by atoms with E-state index in [-0.39, 0.29) is 6.10 Å². The van der Waals surface area contributed by atoms with Gasteiger partial charge in [-0.1, -0.05) is 12.1 Å². The van der Waals surface area contributed by atoms with Crippen LogP contribution in [0.15, 0.2) is 24.3 Å². The first kappa shape index (κ1) is 14.0. The second kappa shape index (κ2) is 8.09. The number of aliphatic hydroxyl groups excluding tert-OH is 1. The Balaban J connectivity index is 2.18. The lowest BCUT2D eigenvalue weighted by Gasteiger charge is -2.07. The largest absolute Gasteiger partial charge is 0.494 e. The van der Waals surface area contributed by atoms with Crippen molar-refractivity contribution in [2.75, 3.05) is 13.2 Å². The third-order valence-corrected chi connectivity index (χ3v) is 2.54. The predicted octanol–water partition coefficient (Wildman–Crippen LogP) is 2.34. The van der Waals surface area contributed by atoms with Crippen LogP contribution in [0.25, 0.3) is 0 Å². The highest BCUT2D eigenvalue weighted by atomic mass is 16.5. The monoisotopic (exact) mass is 237 g/mol. The zero-order valence-electron chi connectivity index (χ0n) is 10.8. The second-order valence-electron chi connectivity index (χ2n) is 4.24. The first-order chi connectivity index (χ1) is 8.22. The maximum atomic E-state index is 9.11. The van der Waals surface area contributed by atoms with Crippen LogP contribution >= 0.6 is 0 Å². The van der Waals surface area contributed by atoms with Gasteiger partial charge in [-0.25, -0.2) is 0 Å². The summed E-state index contributed by atoms with van der Waals surface area (Å²) in [5, 5.41) is 12.5. The van der Waals surface area contributed by atoms with Crippen molar-refractivity contribution in [3.05, 3.63) is 29.8 Å². The van der Waals surface area contributed by atoms with E-state index < -0.39 is 0 Å². The molecule has 0 fully saturated rings. The number of rotatable bonds is 8. The summed E-state index contributed by atoms with van der Waals surface area (Å²) in [6.07, 6.45) is 1.67. The molecule has 0 aliphatic heterocycles. The number of ether oxygens (including phenoxy) is 1. The highest BCUT2D eigenvalue weighted by Gasteiger charge is 1.97. The summed E-state index contributed by atoms with van der Waals surface area (Å²) in [4.78, 5) is 0. The molecule has 3 nitrogen and oxygen atoms in total. The normalized spacial score (nSPS) is 12.4. The van der Waals surface area contributed by atoms with Crippen LogP contribution in [-0.4, -0.2) is 24.4 Å². The maximum Gasteiger partial charge on any atom is 0.119 e. The number of aliphatic hydroxyl groups is 1. The van der Waals surface area contributed by atoms with Crippen molar-refractivity contribution in [3.63, 3.8) is 0 Å². The smallest absolute Gasteiger partial charge is 0.119 e. The van der Waals surface area contributed by atoms with Crippen molar-refractivity contribution in [1.29, 1.82) is 0 Å². The van der Waals surface area contributed by atoms with Crippen molar-refractivity contribution >= 4 is 0 Å². The lowest BCUT2D eigenvalue weighted by molar-refractivity contribution is 0.181. The first-order valence-electron chi connectivity index (χ1n) is 6.33. The number of nitrogens with one attached hydrogen (secondary N) is 1. The minimum absolute atomic E-state index is 0.192. The van der Waals surface area contributed by atoms with E-state index in [1.54, 1.807) is 0 Å². The van der Waals surface area contributed by atoms with Gasteiger partial charge in [0.2, 0.25) is 0 Å². The van der Waals surface area contributed by atoms with Gasteiger partial charge < -0.3 is 15.2 Å². The van der Waals surface area contributed by atoms with E-state index in [9.17, 15) is 0 Å². The number of benzene rings is 1. The summed E-state index contributed by atoms with van der Waals surface area (Å²) in [7, 11) is 0. The zero-order valence-corrected chi connectivity index (χ0v) is 10.8. The van der Waals surface area contributed by atoms with Crippen LogP contribution in [0, 0.1) is 0 Å². The molecule has 1 atom stereocenters. The minimum atomic E-state index is -0.192. The highest BCUT2D eigenvalue weighted by molar-refractivity contribution is 5.27. The average Bonchev–Trinajstić information content (AvgIpc) is 2.31. The lowest BCUT2D eigenvalue weighted by atomic mass is 10.2. The van der Waals surface area contributed by atoms with Crippen molar-refractivity contribution in [3.8, 4) is 5.75 Å². The molecule has 0 amide bonds. The van der Waals surface area contributed by atoms with Crippen molar-refractivity contribution in [1.82, 2.24) is 5.32 Å². The molecule has 1 rings (SSSR count). The quantitative estimate of drug-likeness (QED) is 0.682.